The highest BCUT2D eigenvalue weighted by molar-refractivity contribution is 7.92. The molecule has 9 heteroatoms. The van der Waals surface area contributed by atoms with Gasteiger partial charge in [0.05, 0.1) is 23.1 Å². The van der Waals surface area contributed by atoms with Crippen LogP contribution in [0.3, 0.4) is 0 Å². The summed E-state index contributed by atoms with van der Waals surface area (Å²) in [6.07, 6.45) is 1.17. The summed E-state index contributed by atoms with van der Waals surface area (Å²) in [4.78, 5) is 26.1. The van der Waals surface area contributed by atoms with E-state index in [1.54, 1.807) is 66.4 Å². The number of sulfonamides is 1. The molecule has 0 aromatic heterocycles. The summed E-state index contributed by atoms with van der Waals surface area (Å²) in [5.41, 5.74) is 0.480. The van der Waals surface area contributed by atoms with Gasteiger partial charge in [0.25, 0.3) is 15.9 Å². The molecule has 1 aliphatic heterocycles. The van der Waals surface area contributed by atoms with Crippen molar-refractivity contribution in [2.45, 2.75) is 24.7 Å². The van der Waals surface area contributed by atoms with Crippen LogP contribution < -0.4 is 9.04 Å². The van der Waals surface area contributed by atoms with Crippen LogP contribution in [-0.2, 0) is 24.3 Å². The van der Waals surface area contributed by atoms with Crippen LogP contribution in [0.5, 0.6) is 5.75 Å². The Morgan fingerprint density at radius 3 is 2.25 bits per heavy atom. The Bertz CT molecular complexity index is 1020. The van der Waals surface area contributed by atoms with Crippen LogP contribution in [0.1, 0.15) is 19.8 Å². The Morgan fingerprint density at radius 1 is 1.03 bits per heavy atom. The number of amides is 1. The standard InChI is InChI=1S/C23H28N2O6S/c1-3-30-23(27)18-13-15-25(16-14-18)22(26)17-31-20-11-9-19(10-12-20)24(2)32(28,29)21-7-5-4-6-8-21/h4-12,18H,3,13-17H2,1-2H3. The average Bonchev–Trinajstić information content (AvgIpc) is 2.83. The van der Waals surface area contributed by atoms with Gasteiger partial charge in [-0.15, -0.1) is 0 Å². The number of hydrogen-bond donors (Lipinski definition) is 0. The number of benzene rings is 2. The van der Waals surface area contributed by atoms with Crippen molar-refractivity contribution in [2.75, 3.05) is 37.7 Å². The lowest BCUT2D eigenvalue weighted by Crippen LogP contribution is -2.42. The summed E-state index contributed by atoms with van der Waals surface area (Å²) >= 11 is 0. The van der Waals surface area contributed by atoms with Gasteiger partial charge in [-0.3, -0.25) is 13.9 Å². The number of esters is 1. The van der Waals surface area contributed by atoms with E-state index in [1.807, 2.05) is 0 Å². The van der Waals surface area contributed by atoms with E-state index in [1.165, 1.54) is 11.4 Å². The molecule has 0 N–H and O–H groups in total. The Balaban J connectivity index is 1.52. The topological polar surface area (TPSA) is 93.2 Å². The van der Waals surface area contributed by atoms with E-state index >= 15 is 0 Å². The maximum atomic E-state index is 12.7. The first-order valence-corrected chi connectivity index (χ1v) is 12.0. The molecule has 2 aromatic carbocycles. The van der Waals surface area contributed by atoms with Crippen molar-refractivity contribution in [3.63, 3.8) is 0 Å². The molecule has 32 heavy (non-hydrogen) atoms. The van der Waals surface area contributed by atoms with Gasteiger partial charge in [0, 0.05) is 20.1 Å². The van der Waals surface area contributed by atoms with Crippen molar-refractivity contribution in [1.82, 2.24) is 4.90 Å². The second-order valence-electron chi connectivity index (χ2n) is 7.48. The van der Waals surface area contributed by atoms with Crippen molar-refractivity contribution in [3.05, 3.63) is 54.6 Å². The van der Waals surface area contributed by atoms with Gasteiger partial charge in [-0.05, 0) is 56.2 Å². The van der Waals surface area contributed by atoms with E-state index in [0.29, 0.717) is 44.0 Å². The number of nitrogens with zero attached hydrogens (tertiary/aromatic N) is 2. The Morgan fingerprint density at radius 2 is 1.66 bits per heavy atom. The molecule has 172 valence electrons. The molecule has 0 aliphatic carbocycles. The predicted octanol–water partition coefficient (Wildman–Crippen LogP) is 2.69. The summed E-state index contributed by atoms with van der Waals surface area (Å²) in [7, 11) is -2.17. The minimum absolute atomic E-state index is 0.123. The summed E-state index contributed by atoms with van der Waals surface area (Å²) in [6, 6.07) is 14.7. The van der Waals surface area contributed by atoms with E-state index in [2.05, 4.69) is 0 Å². The normalized spacial score (nSPS) is 14.6. The molecule has 1 amide bonds. The van der Waals surface area contributed by atoms with E-state index in [-0.39, 0.29) is 29.3 Å². The molecule has 0 radical (unpaired) electrons. The molecular weight excluding hydrogens is 432 g/mol. The summed E-state index contributed by atoms with van der Waals surface area (Å²) in [5.74, 6) is -0.0408. The zero-order chi connectivity index (χ0) is 23.1. The first kappa shape index (κ1) is 23.6. The maximum Gasteiger partial charge on any atom is 0.309 e. The van der Waals surface area contributed by atoms with Crippen molar-refractivity contribution in [3.8, 4) is 5.75 Å². The minimum atomic E-state index is -3.66. The molecule has 1 saturated heterocycles. The largest absolute Gasteiger partial charge is 0.484 e. The van der Waals surface area contributed by atoms with Crippen molar-refractivity contribution in [2.24, 2.45) is 5.92 Å². The fourth-order valence-corrected chi connectivity index (χ4v) is 4.72. The maximum absolute atomic E-state index is 12.7. The lowest BCUT2D eigenvalue weighted by atomic mass is 9.97. The molecule has 1 aliphatic rings. The molecule has 2 aromatic rings. The second kappa shape index (κ2) is 10.5. The molecule has 0 saturated carbocycles. The Hall–Kier alpha value is -3.07. The van der Waals surface area contributed by atoms with Crippen LogP contribution in [0.4, 0.5) is 5.69 Å². The lowest BCUT2D eigenvalue weighted by molar-refractivity contribution is -0.151. The number of rotatable bonds is 8. The van der Waals surface area contributed by atoms with E-state index in [0.717, 1.165) is 0 Å². The number of carbonyl (C=O) groups is 2. The summed E-state index contributed by atoms with van der Waals surface area (Å²) in [6.45, 7) is 3.00. The van der Waals surface area contributed by atoms with Gasteiger partial charge in [-0.2, -0.15) is 0 Å². The predicted molar refractivity (Wildman–Crippen MR) is 120 cm³/mol. The number of carbonyl (C=O) groups excluding carboxylic acids is 2. The second-order valence-corrected chi connectivity index (χ2v) is 9.44. The van der Waals surface area contributed by atoms with E-state index in [4.69, 9.17) is 9.47 Å². The zero-order valence-electron chi connectivity index (χ0n) is 18.3. The van der Waals surface area contributed by atoms with Gasteiger partial charge in [-0.1, -0.05) is 18.2 Å². The van der Waals surface area contributed by atoms with E-state index < -0.39 is 10.0 Å². The molecule has 3 rings (SSSR count). The molecule has 0 spiro atoms. The molecule has 1 heterocycles. The minimum Gasteiger partial charge on any atom is -0.484 e. The number of piperidine rings is 1. The van der Waals surface area contributed by atoms with Crippen LogP contribution >= 0.6 is 0 Å². The van der Waals surface area contributed by atoms with Crippen molar-refractivity contribution < 1.29 is 27.5 Å². The smallest absolute Gasteiger partial charge is 0.309 e. The molecule has 8 nitrogen and oxygen atoms in total. The van der Waals surface area contributed by atoms with Gasteiger partial charge in [0.15, 0.2) is 6.61 Å². The summed E-state index contributed by atoms with van der Waals surface area (Å²) < 4.78 is 37.3. The monoisotopic (exact) mass is 460 g/mol. The first-order chi connectivity index (χ1) is 15.3. The van der Waals surface area contributed by atoms with Crippen LogP contribution in [0, 0.1) is 5.92 Å². The molecule has 0 unspecified atom stereocenters. The highest BCUT2D eigenvalue weighted by Gasteiger charge is 2.28. The number of hydrogen-bond acceptors (Lipinski definition) is 6. The third-order valence-corrected chi connectivity index (χ3v) is 7.23. The van der Waals surface area contributed by atoms with Crippen LogP contribution in [0.2, 0.25) is 0 Å². The molecular formula is C23H28N2O6S. The van der Waals surface area contributed by atoms with Gasteiger partial charge >= 0.3 is 5.97 Å². The van der Waals surface area contributed by atoms with Gasteiger partial charge in [0.2, 0.25) is 0 Å². The molecule has 0 atom stereocenters. The first-order valence-electron chi connectivity index (χ1n) is 10.5. The third kappa shape index (κ3) is 5.59. The van der Waals surface area contributed by atoms with E-state index in [9.17, 15) is 18.0 Å². The fourth-order valence-electron chi connectivity index (χ4n) is 3.50. The van der Waals surface area contributed by atoms with Gasteiger partial charge in [0.1, 0.15) is 5.75 Å². The Kier molecular flexibility index (Phi) is 7.74. The quantitative estimate of drug-likeness (QED) is 0.563. The number of anilines is 1. The van der Waals surface area contributed by atoms with Crippen LogP contribution in [0.25, 0.3) is 0 Å². The van der Waals surface area contributed by atoms with Crippen molar-refractivity contribution in [1.29, 1.82) is 0 Å². The highest BCUT2D eigenvalue weighted by Crippen LogP contribution is 2.24. The highest BCUT2D eigenvalue weighted by atomic mass is 32.2. The van der Waals surface area contributed by atoms with Crippen LogP contribution in [-0.4, -0.2) is 58.5 Å². The number of ether oxygens (including phenoxy) is 2. The third-order valence-electron chi connectivity index (χ3n) is 5.43. The zero-order valence-corrected chi connectivity index (χ0v) is 19.1. The summed E-state index contributed by atoms with van der Waals surface area (Å²) in [5, 5.41) is 0. The lowest BCUT2D eigenvalue weighted by Gasteiger charge is -2.30. The SMILES string of the molecule is CCOC(=O)C1CCN(C(=O)COc2ccc(N(C)S(=O)(=O)c3ccccc3)cc2)CC1. The van der Waals surface area contributed by atoms with Crippen LogP contribution in [0.15, 0.2) is 59.5 Å². The average molecular weight is 461 g/mol. The molecule has 1 fully saturated rings. The Labute approximate surface area is 188 Å². The molecule has 0 bridgehead atoms. The van der Waals surface area contributed by atoms with Crippen molar-refractivity contribution >= 4 is 27.6 Å². The van der Waals surface area contributed by atoms with Gasteiger partial charge < -0.3 is 14.4 Å². The van der Waals surface area contributed by atoms with Gasteiger partial charge in [-0.25, -0.2) is 8.42 Å². The number of likely N-dealkylation sites (tertiary alicyclic amines) is 1. The fraction of sp³-hybridized carbons (Fsp3) is 0.391.